The third kappa shape index (κ3) is 4.47. The summed E-state index contributed by atoms with van der Waals surface area (Å²) < 4.78 is 5.71. The van der Waals surface area contributed by atoms with Crippen molar-refractivity contribution in [3.8, 4) is 0 Å². The number of hydrogen-bond donors (Lipinski definition) is 1. The quantitative estimate of drug-likeness (QED) is 0.843. The monoisotopic (exact) mass is 347 g/mol. The number of furan rings is 1. The maximum atomic E-state index is 5.71. The van der Waals surface area contributed by atoms with E-state index >= 15 is 0 Å². The van der Waals surface area contributed by atoms with E-state index in [1.807, 2.05) is 23.6 Å². The van der Waals surface area contributed by atoms with E-state index in [0.29, 0.717) is 6.04 Å². The molecule has 1 unspecified atom stereocenters. The molecular weight excluding hydrogens is 318 g/mol. The summed E-state index contributed by atoms with van der Waals surface area (Å²) >= 11 is 1.81. The molecule has 0 radical (unpaired) electrons. The molecule has 0 bridgehead atoms. The van der Waals surface area contributed by atoms with E-state index in [0.717, 1.165) is 18.8 Å². The molecule has 2 aromatic heterocycles. The predicted octanol–water partition coefficient (Wildman–Crippen LogP) is 4.35. The van der Waals surface area contributed by atoms with Gasteiger partial charge in [-0.05, 0) is 38.1 Å². The topological polar surface area (TPSA) is 41.3 Å². The first-order valence-corrected chi connectivity index (χ1v) is 9.79. The van der Waals surface area contributed by atoms with E-state index in [1.54, 1.807) is 6.26 Å². The van der Waals surface area contributed by atoms with Gasteiger partial charge in [-0.25, -0.2) is 4.98 Å². The van der Waals surface area contributed by atoms with Gasteiger partial charge in [-0.2, -0.15) is 0 Å². The van der Waals surface area contributed by atoms with Crippen LogP contribution in [0.1, 0.15) is 61.7 Å². The number of piperidine rings is 1. The molecule has 4 nitrogen and oxygen atoms in total. The van der Waals surface area contributed by atoms with Crippen LogP contribution in [0.25, 0.3) is 0 Å². The van der Waals surface area contributed by atoms with Gasteiger partial charge in [-0.3, -0.25) is 4.90 Å². The van der Waals surface area contributed by atoms with Crippen molar-refractivity contribution in [1.29, 1.82) is 0 Å². The van der Waals surface area contributed by atoms with E-state index in [4.69, 9.17) is 4.42 Å². The summed E-state index contributed by atoms with van der Waals surface area (Å²) in [7, 11) is 0. The summed E-state index contributed by atoms with van der Waals surface area (Å²) in [6.07, 6.45) is 7.74. The number of thiazole rings is 1. The van der Waals surface area contributed by atoms with Gasteiger partial charge in [0.2, 0.25) is 0 Å². The number of rotatable bonds is 6. The minimum absolute atomic E-state index is 0.132. The number of hydrogen-bond acceptors (Lipinski definition) is 5. The van der Waals surface area contributed by atoms with Crippen molar-refractivity contribution in [1.82, 2.24) is 15.2 Å². The van der Waals surface area contributed by atoms with Gasteiger partial charge in [0.1, 0.15) is 5.76 Å². The van der Waals surface area contributed by atoms with Crippen LogP contribution in [-0.2, 0) is 12.0 Å². The largest absolute Gasteiger partial charge is 0.468 e. The van der Waals surface area contributed by atoms with E-state index in [1.165, 1.54) is 42.2 Å². The van der Waals surface area contributed by atoms with Gasteiger partial charge < -0.3 is 9.73 Å². The average molecular weight is 348 g/mol. The molecule has 1 aliphatic rings. The van der Waals surface area contributed by atoms with Crippen molar-refractivity contribution < 1.29 is 4.42 Å². The molecule has 3 heterocycles. The Morgan fingerprint density at radius 3 is 2.71 bits per heavy atom. The van der Waals surface area contributed by atoms with Crippen molar-refractivity contribution in [2.45, 2.75) is 58.0 Å². The summed E-state index contributed by atoms with van der Waals surface area (Å²) in [6.45, 7) is 10.8. The molecule has 1 aliphatic heterocycles. The third-order valence-electron chi connectivity index (χ3n) is 4.54. The molecule has 5 heteroatoms. The molecule has 132 valence electrons. The van der Waals surface area contributed by atoms with Crippen LogP contribution in [0.4, 0.5) is 0 Å². The second kappa shape index (κ2) is 7.81. The molecule has 1 fully saturated rings. The van der Waals surface area contributed by atoms with Gasteiger partial charge in [-0.15, -0.1) is 11.3 Å². The van der Waals surface area contributed by atoms with Crippen LogP contribution in [0.15, 0.2) is 29.0 Å². The summed E-state index contributed by atoms with van der Waals surface area (Å²) in [5.41, 5.74) is 0.132. The summed E-state index contributed by atoms with van der Waals surface area (Å²) in [6, 6.07) is 4.42. The number of aromatic nitrogens is 1. The highest BCUT2D eigenvalue weighted by Gasteiger charge is 2.24. The van der Waals surface area contributed by atoms with Gasteiger partial charge in [0.15, 0.2) is 0 Å². The fourth-order valence-electron chi connectivity index (χ4n) is 3.19. The molecule has 0 spiro atoms. The van der Waals surface area contributed by atoms with E-state index in [9.17, 15) is 0 Å². The molecule has 0 saturated carbocycles. The van der Waals surface area contributed by atoms with Gasteiger partial charge in [-0.1, -0.05) is 27.2 Å². The molecule has 3 rings (SSSR count). The molecule has 0 amide bonds. The molecule has 1 N–H and O–H groups in total. The zero-order valence-electron chi connectivity index (χ0n) is 15.0. The molecule has 24 heavy (non-hydrogen) atoms. The molecule has 0 aliphatic carbocycles. The van der Waals surface area contributed by atoms with Gasteiger partial charge in [0.25, 0.3) is 0 Å². The van der Waals surface area contributed by atoms with E-state index in [-0.39, 0.29) is 5.41 Å². The Morgan fingerprint density at radius 1 is 1.29 bits per heavy atom. The van der Waals surface area contributed by atoms with Gasteiger partial charge >= 0.3 is 0 Å². The number of nitrogens with zero attached hydrogens (tertiary/aromatic N) is 2. The lowest BCUT2D eigenvalue weighted by Gasteiger charge is -2.33. The molecule has 0 aromatic carbocycles. The van der Waals surface area contributed by atoms with Crippen LogP contribution < -0.4 is 5.32 Å². The maximum Gasteiger partial charge on any atom is 0.122 e. The Hall–Kier alpha value is -1.17. The normalized spacial score (nSPS) is 18.0. The highest BCUT2D eigenvalue weighted by molar-refractivity contribution is 7.11. The Labute approximate surface area is 149 Å². The van der Waals surface area contributed by atoms with Crippen molar-refractivity contribution in [3.05, 3.63) is 40.2 Å². The van der Waals surface area contributed by atoms with Crippen molar-refractivity contribution >= 4 is 11.3 Å². The second-order valence-corrected chi connectivity index (χ2v) is 8.76. The van der Waals surface area contributed by atoms with Gasteiger partial charge in [0, 0.05) is 29.6 Å². The summed E-state index contributed by atoms with van der Waals surface area (Å²) in [4.78, 5) is 8.44. The number of likely N-dealkylation sites (tertiary alicyclic amines) is 1. The Balaban J connectivity index is 1.58. The van der Waals surface area contributed by atoms with Crippen LogP contribution in [0.3, 0.4) is 0 Å². The zero-order valence-corrected chi connectivity index (χ0v) is 15.9. The van der Waals surface area contributed by atoms with Crippen LogP contribution in [0.5, 0.6) is 0 Å². The first-order chi connectivity index (χ1) is 11.5. The lowest BCUT2D eigenvalue weighted by molar-refractivity contribution is 0.142. The highest BCUT2D eigenvalue weighted by atomic mass is 32.1. The fraction of sp³-hybridized carbons (Fsp3) is 0.632. The van der Waals surface area contributed by atoms with Gasteiger partial charge in [0.05, 0.1) is 17.3 Å². The Morgan fingerprint density at radius 2 is 2.08 bits per heavy atom. The minimum Gasteiger partial charge on any atom is -0.468 e. The SMILES string of the molecule is CC(C)(C)c1ncc(CNCC(c2ccco2)N2CCCCC2)s1. The maximum absolute atomic E-state index is 5.71. The highest BCUT2D eigenvalue weighted by Crippen LogP contribution is 2.27. The lowest BCUT2D eigenvalue weighted by Crippen LogP contribution is -2.38. The first-order valence-electron chi connectivity index (χ1n) is 8.97. The van der Waals surface area contributed by atoms with Crippen LogP contribution in [0, 0.1) is 0 Å². The number of nitrogens with one attached hydrogen (secondary N) is 1. The average Bonchev–Trinajstić information content (AvgIpc) is 3.23. The molecule has 1 atom stereocenters. The molecular formula is C19H29N3OS. The first kappa shape index (κ1) is 17.6. The van der Waals surface area contributed by atoms with Crippen LogP contribution in [-0.4, -0.2) is 29.5 Å². The zero-order chi connectivity index (χ0) is 17.0. The lowest BCUT2D eigenvalue weighted by atomic mass is 9.98. The second-order valence-electron chi connectivity index (χ2n) is 7.64. The van der Waals surface area contributed by atoms with Crippen molar-refractivity contribution in [2.24, 2.45) is 0 Å². The fourth-order valence-corrected chi connectivity index (χ4v) is 4.13. The van der Waals surface area contributed by atoms with Crippen molar-refractivity contribution in [3.63, 3.8) is 0 Å². The van der Waals surface area contributed by atoms with E-state index in [2.05, 4.69) is 42.0 Å². The van der Waals surface area contributed by atoms with Crippen LogP contribution >= 0.6 is 11.3 Å². The Kier molecular flexibility index (Phi) is 5.74. The summed E-state index contributed by atoms with van der Waals surface area (Å²) in [5.74, 6) is 1.07. The standard InChI is InChI=1S/C19H29N3OS/c1-19(2,3)18-21-13-15(24-18)12-20-14-16(17-8-7-11-23-17)22-9-5-4-6-10-22/h7-8,11,13,16,20H,4-6,9-10,12,14H2,1-3H3. The summed E-state index contributed by atoms with van der Waals surface area (Å²) in [5, 5.41) is 4.83. The molecule has 2 aromatic rings. The third-order valence-corrected chi connectivity index (χ3v) is 5.96. The molecule has 1 saturated heterocycles. The van der Waals surface area contributed by atoms with E-state index < -0.39 is 0 Å². The van der Waals surface area contributed by atoms with Crippen LogP contribution in [0.2, 0.25) is 0 Å². The minimum atomic E-state index is 0.132. The smallest absolute Gasteiger partial charge is 0.122 e. The van der Waals surface area contributed by atoms with Crippen molar-refractivity contribution in [2.75, 3.05) is 19.6 Å². The predicted molar refractivity (Wildman–Crippen MR) is 99.4 cm³/mol. The Bertz CT molecular complexity index is 609.